The quantitative estimate of drug-likeness (QED) is 0.0819. The lowest BCUT2D eigenvalue weighted by atomic mass is 9.95. The summed E-state index contributed by atoms with van der Waals surface area (Å²) < 4.78 is 49.1. The molecule has 5 aliphatic heterocycles. The number of ether oxygens (including phenoxy) is 9. The molecular weight excluding hydrogens is 776 g/mol. The minimum Gasteiger partial charge on any atom is -0.394 e. The lowest BCUT2D eigenvalue weighted by Gasteiger charge is -2.49. The topological polar surface area (TPSA) is 427 Å². The van der Waals surface area contributed by atoms with Crippen LogP contribution in [0.2, 0.25) is 0 Å². The molecule has 0 bridgehead atoms. The number of hydrogen-bond donors (Lipinski definition) is 17. The fourth-order valence-electron chi connectivity index (χ4n) is 6.96. The van der Waals surface area contributed by atoms with Crippen LogP contribution in [0.15, 0.2) is 0 Å². The normalized spacial score (nSPS) is 53.2. The fraction of sp³-hybridized carbons (Fsp3) is 1.00. The Bertz CT molecular complexity index is 1200. The number of hydrogen-bond acceptors (Lipinski definition) is 26. The summed E-state index contributed by atoms with van der Waals surface area (Å²) in [7, 11) is 0. The molecule has 0 aromatic heterocycles. The zero-order valence-electron chi connectivity index (χ0n) is 29.2. The average Bonchev–Trinajstić information content (AvgIpc) is 3.19. The Hall–Kier alpha value is -1.04. The van der Waals surface area contributed by atoms with Gasteiger partial charge in [0.05, 0.1) is 33.0 Å². The van der Waals surface area contributed by atoms with E-state index in [0.29, 0.717) is 0 Å². The monoisotopic (exact) mass is 828 g/mol. The van der Waals surface area contributed by atoms with Crippen molar-refractivity contribution in [1.29, 1.82) is 0 Å². The molecule has 26 heteroatoms. The summed E-state index contributed by atoms with van der Waals surface area (Å²) in [6, 6.07) is 0. The van der Waals surface area contributed by atoms with Crippen LogP contribution in [0.5, 0.6) is 0 Å². The smallest absolute Gasteiger partial charge is 0.189 e. The highest BCUT2D eigenvalue weighted by molar-refractivity contribution is 4.98. The summed E-state index contributed by atoms with van der Waals surface area (Å²) >= 11 is 0. The van der Waals surface area contributed by atoms with Crippen molar-refractivity contribution < 1.29 is 129 Å². The molecule has 56 heavy (non-hydrogen) atoms. The molecule has 0 saturated carbocycles. The van der Waals surface area contributed by atoms with Crippen LogP contribution >= 0.6 is 0 Å². The molecule has 5 saturated heterocycles. The Morgan fingerprint density at radius 2 is 0.464 bits per heavy atom. The van der Waals surface area contributed by atoms with E-state index in [9.17, 15) is 86.8 Å². The van der Waals surface area contributed by atoms with Crippen molar-refractivity contribution in [2.75, 3.05) is 33.0 Å². The van der Waals surface area contributed by atoms with Crippen LogP contribution in [0, 0.1) is 0 Å². The van der Waals surface area contributed by atoms with E-state index < -0.39 is 187 Å². The van der Waals surface area contributed by atoms with Gasteiger partial charge in [-0.1, -0.05) is 0 Å². The van der Waals surface area contributed by atoms with Crippen LogP contribution in [-0.2, 0) is 42.6 Å². The van der Waals surface area contributed by atoms with E-state index in [-0.39, 0.29) is 0 Å². The third-order valence-corrected chi connectivity index (χ3v) is 10.3. The van der Waals surface area contributed by atoms with Gasteiger partial charge in [0.25, 0.3) is 0 Å². The van der Waals surface area contributed by atoms with Crippen molar-refractivity contribution in [3.8, 4) is 0 Å². The van der Waals surface area contributed by atoms with Crippen molar-refractivity contribution in [3.63, 3.8) is 0 Å². The van der Waals surface area contributed by atoms with Gasteiger partial charge >= 0.3 is 0 Å². The summed E-state index contributed by atoms with van der Waals surface area (Å²) in [6.07, 6.45) is -45.8. The minimum absolute atomic E-state index is 0.809. The lowest BCUT2D eigenvalue weighted by Crippen LogP contribution is -2.68. The molecule has 26 nitrogen and oxygen atoms in total. The van der Waals surface area contributed by atoms with Crippen molar-refractivity contribution in [1.82, 2.24) is 0 Å². The summed E-state index contributed by atoms with van der Waals surface area (Å²) in [6.45, 7) is -4.48. The minimum atomic E-state index is -2.11. The van der Waals surface area contributed by atoms with Gasteiger partial charge < -0.3 is 129 Å². The first kappa shape index (κ1) is 46.0. The molecule has 25 atom stereocenters. The maximum absolute atomic E-state index is 11.1. The lowest BCUT2D eigenvalue weighted by molar-refractivity contribution is -0.399. The maximum atomic E-state index is 11.1. The number of aliphatic hydroxyl groups excluding tert-OH is 17. The molecule has 0 radical (unpaired) electrons. The summed E-state index contributed by atoms with van der Waals surface area (Å²) in [5, 5.41) is 175. The van der Waals surface area contributed by atoms with Gasteiger partial charge in [-0.05, 0) is 0 Å². The van der Waals surface area contributed by atoms with Gasteiger partial charge in [0.2, 0.25) is 0 Å². The van der Waals surface area contributed by atoms with Gasteiger partial charge in [0, 0.05) is 0 Å². The van der Waals surface area contributed by atoms with E-state index in [0.717, 1.165) is 0 Å². The van der Waals surface area contributed by atoms with E-state index in [1.165, 1.54) is 0 Å². The van der Waals surface area contributed by atoms with Gasteiger partial charge in [0.15, 0.2) is 31.5 Å². The second-order valence-corrected chi connectivity index (χ2v) is 14.0. The van der Waals surface area contributed by atoms with Crippen molar-refractivity contribution in [2.24, 2.45) is 0 Å². The number of rotatable bonds is 13. The van der Waals surface area contributed by atoms with Crippen LogP contribution in [0.1, 0.15) is 0 Å². The predicted octanol–water partition coefficient (Wildman–Crippen LogP) is -11.9. The Kier molecular flexibility index (Phi) is 16.1. The van der Waals surface area contributed by atoms with Crippen LogP contribution in [0.25, 0.3) is 0 Å². The second kappa shape index (κ2) is 19.6. The van der Waals surface area contributed by atoms with Crippen LogP contribution in [0.4, 0.5) is 0 Å². The Balaban J connectivity index is 1.22. The van der Waals surface area contributed by atoms with E-state index >= 15 is 0 Å². The van der Waals surface area contributed by atoms with Gasteiger partial charge in [0.1, 0.15) is 122 Å². The molecule has 0 aliphatic carbocycles. The Morgan fingerprint density at radius 1 is 0.250 bits per heavy atom. The molecule has 0 amide bonds. The standard InChI is InChI=1S/C30H52O26/c31-1-6-11(36)13(38)18(43)26(48-6)53-23-8(3-33)50-27(20(45)15(23)40)54-24-9(4-34)51-28(21(46)16(24)41)55-25-10(5-35)52-30(22(47)17(25)42)56-29-19(44)14(39)12(37)7(2-32)49-29/h6-47H,1-5H2/t6-,7-,8-,9-,10-,11-,12-,13+,14+,15-,16-,17-,18-,19-,20-,21-,22-,23-,24-,25-,26-,27-,28+,29-,30-/m1/s1. The van der Waals surface area contributed by atoms with Crippen LogP contribution in [-0.4, -0.2) is 273 Å². The van der Waals surface area contributed by atoms with E-state index in [1.54, 1.807) is 0 Å². The first-order valence-electron chi connectivity index (χ1n) is 17.6. The molecule has 5 heterocycles. The molecular formula is C30H52O26. The maximum Gasteiger partial charge on any atom is 0.189 e. The molecule has 0 spiro atoms. The molecule has 0 unspecified atom stereocenters. The van der Waals surface area contributed by atoms with E-state index in [2.05, 4.69) is 0 Å². The van der Waals surface area contributed by atoms with Crippen molar-refractivity contribution >= 4 is 0 Å². The molecule has 5 aliphatic rings. The highest BCUT2D eigenvalue weighted by Gasteiger charge is 2.56. The van der Waals surface area contributed by atoms with Gasteiger partial charge in [-0.25, -0.2) is 0 Å². The van der Waals surface area contributed by atoms with E-state index in [4.69, 9.17) is 42.6 Å². The summed E-state index contributed by atoms with van der Waals surface area (Å²) in [5.74, 6) is 0. The molecule has 0 aromatic rings. The van der Waals surface area contributed by atoms with Gasteiger partial charge in [-0.2, -0.15) is 0 Å². The molecule has 0 aromatic carbocycles. The molecule has 5 fully saturated rings. The zero-order chi connectivity index (χ0) is 41.3. The Morgan fingerprint density at radius 3 is 0.714 bits per heavy atom. The highest BCUT2D eigenvalue weighted by atomic mass is 16.8. The van der Waals surface area contributed by atoms with Crippen molar-refractivity contribution in [2.45, 2.75) is 154 Å². The summed E-state index contributed by atoms with van der Waals surface area (Å²) in [4.78, 5) is 0. The fourth-order valence-corrected chi connectivity index (χ4v) is 6.96. The van der Waals surface area contributed by atoms with E-state index in [1.807, 2.05) is 0 Å². The molecule has 5 rings (SSSR count). The van der Waals surface area contributed by atoms with Gasteiger partial charge in [-0.3, -0.25) is 0 Å². The Labute approximate surface area is 316 Å². The van der Waals surface area contributed by atoms with Crippen LogP contribution in [0.3, 0.4) is 0 Å². The highest BCUT2D eigenvalue weighted by Crippen LogP contribution is 2.35. The van der Waals surface area contributed by atoms with Crippen LogP contribution < -0.4 is 0 Å². The number of aliphatic hydroxyl groups is 17. The third kappa shape index (κ3) is 9.16. The average molecular weight is 829 g/mol. The van der Waals surface area contributed by atoms with Crippen molar-refractivity contribution in [3.05, 3.63) is 0 Å². The largest absolute Gasteiger partial charge is 0.394 e. The van der Waals surface area contributed by atoms with Gasteiger partial charge in [-0.15, -0.1) is 0 Å². The first-order chi connectivity index (χ1) is 26.5. The molecule has 328 valence electrons. The summed E-state index contributed by atoms with van der Waals surface area (Å²) in [5.41, 5.74) is 0. The predicted molar refractivity (Wildman–Crippen MR) is 167 cm³/mol. The molecule has 17 N–H and O–H groups in total. The first-order valence-corrected chi connectivity index (χ1v) is 17.6. The zero-order valence-corrected chi connectivity index (χ0v) is 29.2. The second-order valence-electron chi connectivity index (χ2n) is 14.0. The SMILES string of the molecule is OC[C@H]1O[C@H](O[C@H]2O[C@H](CO)[C@@H](O[C@@H]3O[C@H](CO)[C@@H](O[C@H]4O[C@H](CO)[C@@H](O[C@H]5O[C@H](CO)[C@@H](O)[C@H](O)[C@H]5O)[C@H](O)[C@H]4O)[C@H](O)[C@H]3O)[C@H](O)[C@H]2O)[C@H](O)[C@@H](O)[C@@H]1O. The third-order valence-electron chi connectivity index (χ3n) is 10.3.